The molecule has 29 heavy (non-hydrogen) atoms. The highest BCUT2D eigenvalue weighted by Crippen LogP contribution is 2.23. The van der Waals surface area contributed by atoms with Crippen LogP contribution in [0.1, 0.15) is 48.5 Å². The zero-order valence-electron chi connectivity index (χ0n) is 17.5. The van der Waals surface area contributed by atoms with Gasteiger partial charge >= 0.3 is 0 Å². The van der Waals surface area contributed by atoms with Crippen LogP contribution in [0.3, 0.4) is 0 Å². The lowest BCUT2D eigenvalue weighted by atomic mass is 9.97. The average molecular weight is 395 g/mol. The standard InChI is InChI=1S/C24H34N4O/c1-27-14-10-23(11-15-27)28-16-8-22(9-17-28)26-18-19-2-4-20(5-3-19)24(29)21-6-12-25-13-7-21/h2-7,12-13,22-24,26,29H,8-11,14-18H2,1H3. The van der Waals surface area contributed by atoms with Gasteiger partial charge in [0.1, 0.15) is 6.10 Å². The van der Waals surface area contributed by atoms with Crippen molar-refractivity contribution in [2.75, 3.05) is 33.2 Å². The molecular formula is C24H34N4O. The number of rotatable bonds is 6. The number of likely N-dealkylation sites (tertiary alicyclic amines) is 2. The van der Waals surface area contributed by atoms with Crippen molar-refractivity contribution in [3.8, 4) is 0 Å². The number of pyridine rings is 1. The predicted octanol–water partition coefficient (Wildman–Crippen LogP) is 2.81. The Labute approximate surface area is 174 Å². The summed E-state index contributed by atoms with van der Waals surface area (Å²) in [5, 5.41) is 14.3. The van der Waals surface area contributed by atoms with Crippen LogP contribution >= 0.6 is 0 Å². The van der Waals surface area contributed by atoms with E-state index >= 15 is 0 Å². The van der Waals surface area contributed by atoms with E-state index < -0.39 is 6.10 Å². The second kappa shape index (κ2) is 9.81. The number of nitrogens with zero attached hydrogens (tertiary/aromatic N) is 3. The number of aromatic nitrogens is 1. The second-order valence-corrected chi connectivity index (χ2v) is 8.65. The number of hydrogen-bond donors (Lipinski definition) is 2. The molecule has 2 saturated heterocycles. The normalized spacial score (nSPS) is 21.3. The lowest BCUT2D eigenvalue weighted by Gasteiger charge is -2.41. The molecule has 1 aromatic heterocycles. The van der Waals surface area contributed by atoms with Crippen molar-refractivity contribution >= 4 is 0 Å². The lowest BCUT2D eigenvalue weighted by Crippen LogP contribution is -2.49. The molecule has 2 aliphatic rings. The van der Waals surface area contributed by atoms with E-state index in [1.165, 1.54) is 57.4 Å². The number of piperidine rings is 2. The highest BCUT2D eigenvalue weighted by Gasteiger charge is 2.27. The molecule has 0 spiro atoms. The highest BCUT2D eigenvalue weighted by molar-refractivity contribution is 5.30. The minimum atomic E-state index is -0.594. The largest absolute Gasteiger partial charge is 0.384 e. The van der Waals surface area contributed by atoms with Crippen molar-refractivity contribution in [1.29, 1.82) is 0 Å². The predicted molar refractivity (Wildman–Crippen MR) is 117 cm³/mol. The Bertz CT molecular complexity index is 735. The van der Waals surface area contributed by atoms with Crippen molar-refractivity contribution in [2.45, 2.75) is 50.4 Å². The first-order chi connectivity index (χ1) is 14.2. The first-order valence-electron chi connectivity index (χ1n) is 11.0. The minimum absolute atomic E-state index is 0.594. The third-order valence-corrected chi connectivity index (χ3v) is 6.65. The van der Waals surface area contributed by atoms with Crippen LogP contribution in [0.4, 0.5) is 0 Å². The summed E-state index contributed by atoms with van der Waals surface area (Å²) < 4.78 is 0. The van der Waals surface area contributed by atoms with Gasteiger partial charge in [-0.1, -0.05) is 24.3 Å². The zero-order valence-corrected chi connectivity index (χ0v) is 17.5. The molecule has 2 fully saturated rings. The molecule has 0 saturated carbocycles. The van der Waals surface area contributed by atoms with Gasteiger partial charge in [0.15, 0.2) is 0 Å². The summed E-state index contributed by atoms with van der Waals surface area (Å²) in [5.74, 6) is 0. The van der Waals surface area contributed by atoms with Crippen molar-refractivity contribution in [1.82, 2.24) is 20.1 Å². The molecule has 1 atom stereocenters. The van der Waals surface area contributed by atoms with Gasteiger partial charge in [0.25, 0.3) is 0 Å². The molecule has 2 aromatic rings. The smallest absolute Gasteiger partial charge is 0.104 e. The maximum atomic E-state index is 10.5. The minimum Gasteiger partial charge on any atom is -0.384 e. The third kappa shape index (κ3) is 5.43. The van der Waals surface area contributed by atoms with Crippen molar-refractivity contribution < 1.29 is 5.11 Å². The number of hydrogen-bond acceptors (Lipinski definition) is 5. The van der Waals surface area contributed by atoms with Gasteiger partial charge < -0.3 is 20.2 Å². The Morgan fingerprint density at radius 1 is 0.931 bits per heavy atom. The molecule has 5 nitrogen and oxygen atoms in total. The summed E-state index contributed by atoms with van der Waals surface area (Å²) in [6.07, 6.45) is 7.97. The summed E-state index contributed by atoms with van der Waals surface area (Å²) in [6.45, 7) is 5.83. The third-order valence-electron chi connectivity index (χ3n) is 6.65. The van der Waals surface area contributed by atoms with E-state index in [9.17, 15) is 5.11 Å². The Kier molecular flexibility index (Phi) is 6.93. The monoisotopic (exact) mass is 394 g/mol. The fraction of sp³-hybridized carbons (Fsp3) is 0.542. The molecule has 5 heteroatoms. The van der Waals surface area contributed by atoms with E-state index in [4.69, 9.17) is 0 Å². The highest BCUT2D eigenvalue weighted by atomic mass is 16.3. The van der Waals surface area contributed by atoms with Crippen LogP contribution in [-0.4, -0.2) is 65.2 Å². The Hall–Kier alpha value is -1.79. The number of benzene rings is 1. The van der Waals surface area contributed by atoms with Gasteiger partial charge in [0, 0.05) is 31.0 Å². The first kappa shape index (κ1) is 20.5. The zero-order chi connectivity index (χ0) is 20.1. The van der Waals surface area contributed by atoms with Crippen LogP contribution in [0.15, 0.2) is 48.8 Å². The van der Waals surface area contributed by atoms with Gasteiger partial charge in [0.2, 0.25) is 0 Å². The first-order valence-corrected chi connectivity index (χ1v) is 11.0. The van der Waals surface area contributed by atoms with Gasteiger partial charge in [-0.2, -0.15) is 0 Å². The maximum Gasteiger partial charge on any atom is 0.104 e. The van der Waals surface area contributed by atoms with Crippen molar-refractivity contribution in [3.05, 3.63) is 65.5 Å². The van der Waals surface area contributed by atoms with Gasteiger partial charge in [-0.25, -0.2) is 0 Å². The van der Waals surface area contributed by atoms with Crippen LogP contribution in [0, 0.1) is 0 Å². The van der Waals surface area contributed by atoms with E-state index in [0.29, 0.717) is 6.04 Å². The Morgan fingerprint density at radius 3 is 2.21 bits per heavy atom. The molecule has 156 valence electrons. The van der Waals surface area contributed by atoms with Crippen LogP contribution in [0.5, 0.6) is 0 Å². The van der Waals surface area contributed by atoms with Crippen molar-refractivity contribution in [3.63, 3.8) is 0 Å². The van der Waals surface area contributed by atoms with Crippen LogP contribution in [0.25, 0.3) is 0 Å². The van der Waals surface area contributed by atoms with Gasteiger partial charge in [0.05, 0.1) is 0 Å². The van der Waals surface area contributed by atoms with Crippen LogP contribution in [-0.2, 0) is 6.54 Å². The van der Waals surface area contributed by atoms with Gasteiger partial charge in [-0.15, -0.1) is 0 Å². The topological polar surface area (TPSA) is 51.6 Å². The fourth-order valence-corrected chi connectivity index (χ4v) is 4.65. The summed E-state index contributed by atoms with van der Waals surface area (Å²) >= 11 is 0. The number of nitrogens with one attached hydrogen (secondary N) is 1. The SMILES string of the molecule is CN1CCC(N2CCC(NCc3ccc(C(O)c4ccncc4)cc3)CC2)CC1. The molecule has 2 aliphatic heterocycles. The summed E-state index contributed by atoms with van der Waals surface area (Å²) in [5.41, 5.74) is 3.07. The van der Waals surface area contributed by atoms with Gasteiger partial charge in [-0.05, 0) is 87.7 Å². The molecule has 0 aliphatic carbocycles. The van der Waals surface area contributed by atoms with Gasteiger partial charge in [-0.3, -0.25) is 4.98 Å². The van der Waals surface area contributed by atoms with E-state index in [-0.39, 0.29) is 0 Å². The summed E-state index contributed by atoms with van der Waals surface area (Å²) in [7, 11) is 2.23. The molecule has 1 unspecified atom stereocenters. The fourth-order valence-electron chi connectivity index (χ4n) is 4.65. The number of aliphatic hydroxyl groups is 1. The molecule has 0 bridgehead atoms. The summed E-state index contributed by atoms with van der Waals surface area (Å²) in [6, 6.07) is 13.4. The van der Waals surface area contributed by atoms with Crippen LogP contribution < -0.4 is 5.32 Å². The number of aliphatic hydroxyl groups excluding tert-OH is 1. The van der Waals surface area contributed by atoms with E-state index in [1.54, 1.807) is 12.4 Å². The second-order valence-electron chi connectivity index (χ2n) is 8.65. The average Bonchev–Trinajstić information content (AvgIpc) is 2.79. The Morgan fingerprint density at radius 2 is 1.55 bits per heavy atom. The van der Waals surface area contributed by atoms with Crippen LogP contribution in [0.2, 0.25) is 0 Å². The van der Waals surface area contributed by atoms with E-state index in [2.05, 4.69) is 39.3 Å². The lowest BCUT2D eigenvalue weighted by molar-refractivity contribution is 0.0921. The Balaban J connectivity index is 1.22. The van der Waals surface area contributed by atoms with E-state index in [0.717, 1.165) is 23.7 Å². The molecular weight excluding hydrogens is 360 g/mol. The molecule has 1 aromatic carbocycles. The quantitative estimate of drug-likeness (QED) is 0.789. The molecule has 2 N–H and O–H groups in total. The molecule has 0 amide bonds. The molecule has 0 radical (unpaired) electrons. The van der Waals surface area contributed by atoms with E-state index in [1.807, 2.05) is 24.3 Å². The molecule has 4 rings (SSSR count). The molecule has 3 heterocycles. The maximum absolute atomic E-state index is 10.5. The summed E-state index contributed by atoms with van der Waals surface area (Å²) in [4.78, 5) is 9.19. The van der Waals surface area contributed by atoms with Crippen molar-refractivity contribution in [2.24, 2.45) is 0 Å².